The van der Waals surface area contributed by atoms with Gasteiger partial charge >= 0.3 is 8.25 Å². The Balaban J connectivity index is 3.65. The standard InChI is InChI=1S/C11H24O3P/c1-5-7-8-11(6-2)9-13-15(12)14-10(3)4/h10-11H,5-9H2,1-4H3/q+1. The Morgan fingerprint density at radius 2 is 1.93 bits per heavy atom. The van der Waals surface area contributed by atoms with E-state index in [4.69, 9.17) is 9.05 Å². The molecule has 2 unspecified atom stereocenters. The van der Waals surface area contributed by atoms with E-state index in [0.717, 1.165) is 12.8 Å². The molecule has 2 atom stereocenters. The van der Waals surface area contributed by atoms with Gasteiger partial charge in [0.25, 0.3) is 0 Å². The summed E-state index contributed by atoms with van der Waals surface area (Å²) in [6, 6.07) is 0. The van der Waals surface area contributed by atoms with Crippen LogP contribution in [0.2, 0.25) is 0 Å². The molecule has 0 aliphatic rings. The molecule has 0 N–H and O–H groups in total. The normalized spacial score (nSPS) is 14.3. The van der Waals surface area contributed by atoms with Crippen molar-refractivity contribution >= 4 is 8.25 Å². The summed E-state index contributed by atoms with van der Waals surface area (Å²) in [5, 5.41) is 0. The molecule has 0 aromatic carbocycles. The third kappa shape index (κ3) is 8.98. The molecule has 0 heterocycles. The molecule has 4 heteroatoms. The quantitative estimate of drug-likeness (QED) is 0.559. The van der Waals surface area contributed by atoms with Crippen molar-refractivity contribution in [2.45, 2.75) is 59.5 Å². The summed E-state index contributed by atoms with van der Waals surface area (Å²) in [7, 11) is -1.92. The molecule has 0 fully saturated rings. The van der Waals surface area contributed by atoms with Crippen LogP contribution in [0.25, 0.3) is 0 Å². The lowest BCUT2D eigenvalue weighted by Gasteiger charge is -2.09. The molecule has 0 saturated carbocycles. The molecule has 0 radical (unpaired) electrons. The minimum absolute atomic E-state index is 0.0377. The summed E-state index contributed by atoms with van der Waals surface area (Å²) in [5.41, 5.74) is 0. The van der Waals surface area contributed by atoms with Crippen LogP contribution in [0.3, 0.4) is 0 Å². The molecule has 0 rings (SSSR count). The lowest BCUT2D eigenvalue weighted by atomic mass is 10.0. The van der Waals surface area contributed by atoms with E-state index in [9.17, 15) is 4.57 Å². The highest BCUT2D eigenvalue weighted by Gasteiger charge is 2.24. The zero-order valence-electron chi connectivity index (χ0n) is 10.4. The highest BCUT2D eigenvalue weighted by atomic mass is 31.1. The molecule has 0 spiro atoms. The van der Waals surface area contributed by atoms with Gasteiger partial charge in [-0.05, 0) is 26.2 Å². The largest absolute Gasteiger partial charge is 0.697 e. The van der Waals surface area contributed by atoms with Crippen LogP contribution < -0.4 is 0 Å². The monoisotopic (exact) mass is 235 g/mol. The first-order chi connectivity index (χ1) is 7.10. The van der Waals surface area contributed by atoms with Gasteiger partial charge in [0.15, 0.2) is 0 Å². The SMILES string of the molecule is CCCCC(CC)CO[P+](=O)OC(C)C. The van der Waals surface area contributed by atoms with Gasteiger partial charge in [0.2, 0.25) is 0 Å². The van der Waals surface area contributed by atoms with Gasteiger partial charge in [-0.2, -0.15) is 0 Å². The van der Waals surface area contributed by atoms with Crippen molar-refractivity contribution in [3.8, 4) is 0 Å². The molecular weight excluding hydrogens is 211 g/mol. The number of rotatable bonds is 9. The Morgan fingerprint density at radius 3 is 2.40 bits per heavy atom. The van der Waals surface area contributed by atoms with Gasteiger partial charge in [-0.1, -0.05) is 33.1 Å². The lowest BCUT2D eigenvalue weighted by Crippen LogP contribution is -2.07. The van der Waals surface area contributed by atoms with E-state index in [2.05, 4.69) is 13.8 Å². The molecule has 3 nitrogen and oxygen atoms in total. The topological polar surface area (TPSA) is 35.5 Å². The van der Waals surface area contributed by atoms with E-state index in [-0.39, 0.29) is 6.10 Å². The average molecular weight is 235 g/mol. The maximum atomic E-state index is 11.3. The fourth-order valence-electron chi connectivity index (χ4n) is 1.27. The summed E-state index contributed by atoms with van der Waals surface area (Å²) in [4.78, 5) is 0. The van der Waals surface area contributed by atoms with Crippen molar-refractivity contribution in [1.82, 2.24) is 0 Å². The van der Waals surface area contributed by atoms with E-state index in [1.807, 2.05) is 13.8 Å². The fourth-order valence-corrected chi connectivity index (χ4v) is 2.00. The van der Waals surface area contributed by atoms with Gasteiger partial charge in [0, 0.05) is 4.57 Å². The zero-order chi connectivity index (χ0) is 11.7. The Bertz CT molecular complexity index is 171. The third-order valence-electron chi connectivity index (χ3n) is 2.26. The fraction of sp³-hybridized carbons (Fsp3) is 1.00. The van der Waals surface area contributed by atoms with Crippen LogP contribution in [0.15, 0.2) is 0 Å². The second kappa shape index (κ2) is 9.26. The van der Waals surface area contributed by atoms with E-state index in [1.54, 1.807) is 0 Å². The van der Waals surface area contributed by atoms with Crippen molar-refractivity contribution in [3.63, 3.8) is 0 Å². The van der Waals surface area contributed by atoms with Gasteiger partial charge in [-0.3, -0.25) is 0 Å². The van der Waals surface area contributed by atoms with Crippen LogP contribution in [-0.4, -0.2) is 12.7 Å². The van der Waals surface area contributed by atoms with Crippen molar-refractivity contribution < 1.29 is 13.6 Å². The zero-order valence-corrected chi connectivity index (χ0v) is 11.3. The predicted octanol–water partition coefficient (Wildman–Crippen LogP) is 4.30. The Kier molecular flexibility index (Phi) is 9.27. The van der Waals surface area contributed by atoms with Crippen molar-refractivity contribution in [2.75, 3.05) is 6.61 Å². The first-order valence-electron chi connectivity index (χ1n) is 5.87. The highest BCUT2D eigenvalue weighted by Crippen LogP contribution is 2.28. The van der Waals surface area contributed by atoms with Crippen LogP contribution in [0.5, 0.6) is 0 Å². The molecule has 0 bridgehead atoms. The van der Waals surface area contributed by atoms with Crippen LogP contribution in [-0.2, 0) is 13.6 Å². The Labute approximate surface area is 94.5 Å². The molecule has 0 amide bonds. The first kappa shape index (κ1) is 15.0. The lowest BCUT2D eigenvalue weighted by molar-refractivity contribution is 0.164. The molecule has 90 valence electrons. The minimum atomic E-state index is -1.92. The average Bonchev–Trinajstić information content (AvgIpc) is 2.17. The molecule has 0 aromatic heterocycles. The van der Waals surface area contributed by atoms with Gasteiger partial charge in [0.05, 0.1) is 0 Å². The van der Waals surface area contributed by atoms with Crippen molar-refractivity contribution in [1.29, 1.82) is 0 Å². The molecular formula is C11H24O3P+. The maximum absolute atomic E-state index is 11.3. The van der Waals surface area contributed by atoms with Gasteiger partial charge < -0.3 is 0 Å². The van der Waals surface area contributed by atoms with Crippen molar-refractivity contribution in [2.24, 2.45) is 5.92 Å². The second-order valence-electron chi connectivity index (χ2n) is 4.09. The summed E-state index contributed by atoms with van der Waals surface area (Å²) in [6.07, 6.45) is 4.60. The molecule has 0 saturated heterocycles. The minimum Gasteiger partial charge on any atom is -0.119 e. The summed E-state index contributed by atoms with van der Waals surface area (Å²) in [5.74, 6) is 0.514. The van der Waals surface area contributed by atoms with Gasteiger partial charge in [0.1, 0.15) is 12.7 Å². The third-order valence-corrected chi connectivity index (χ3v) is 3.21. The van der Waals surface area contributed by atoms with E-state index >= 15 is 0 Å². The van der Waals surface area contributed by atoms with Crippen LogP contribution in [0.1, 0.15) is 53.4 Å². The van der Waals surface area contributed by atoms with Gasteiger partial charge in [-0.25, -0.2) is 0 Å². The number of hydrogen-bond acceptors (Lipinski definition) is 3. The van der Waals surface area contributed by atoms with Gasteiger partial charge in [-0.15, -0.1) is 9.05 Å². The number of unbranched alkanes of at least 4 members (excludes halogenated alkanes) is 1. The van der Waals surface area contributed by atoms with E-state index in [1.165, 1.54) is 12.8 Å². The predicted molar refractivity (Wildman–Crippen MR) is 63.1 cm³/mol. The molecule has 0 aliphatic carbocycles. The van der Waals surface area contributed by atoms with Crippen LogP contribution in [0, 0.1) is 5.92 Å². The second-order valence-corrected chi connectivity index (χ2v) is 5.01. The molecule has 0 aliphatic heterocycles. The Hall–Kier alpha value is 0.0200. The van der Waals surface area contributed by atoms with Crippen molar-refractivity contribution in [3.05, 3.63) is 0 Å². The molecule has 15 heavy (non-hydrogen) atoms. The van der Waals surface area contributed by atoms with Crippen LogP contribution in [0.4, 0.5) is 0 Å². The smallest absolute Gasteiger partial charge is 0.119 e. The number of hydrogen-bond donors (Lipinski definition) is 0. The van der Waals surface area contributed by atoms with Crippen LogP contribution >= 0.6 is 8.25 Å². The molecule has 0 aromatic rings. The summed E-state index contributed by atoms with van der Waals surface area (Å²) < 4.78 is 21.5. The first-order valence-corrected chi connectivity index (χ1v) is 6.96. The maximum Gasteiger partial charge on any atom is 0.697 e. The van der Waals surface area contributed by atoms with E-state index in [0.29, 0.717) is 12.5 Å². The van der Waals surface area contributed by atoms with E-state index < -0.39 is 8.25 Å². The highest BCUT2D eigenvalue weighted by molar-refractivity contribution is 7.33. The summed E-state index contributed by atoms with van der Waals surface area (Å²) in [6.45, 7) is 8.57. The summed E-state index contributed by atoms with van der Waals surface area (Å²) >= 11 is 0. The Morgan fingerprint density at radius 1 is 1.27 bits per heavy atom.